The monoisotopic (exact) mass is 269 g/mol. The van der Waals surface area contributed by atoms with Crippen LogP contribution in [0.2, 0.25) is 0 Å². The molecule has 0 heterocycles. The fraction of sp³-hybridized carbons (Fsp3) is 0.600. The van der Waals surface area contributed by atoms with E-state index in [1.54, 1.807) is 12.1 Å². The molecule has 1 saturated carbocycles. The van der Waals surface area contributed by atoms with E-state index in [1.807, 2.05) is 19.1 Å². The van der Waals surface area contributed by atoms with Gasteiger partial charge in [0.2, 0.25) is 0 Å². The van der Waals surface area contributed by atoms with Crippen LogP contribution in [0.4, 0.5) is 8.78 Å². The number of hydrogen-bond donors (Lipinski definition) is 1. The smallest absolute Gasteiger partial charge is 0.387 e. The first-order valence-electron chi connectivity index (χ1n) is 6.86. The third-order valence-corrected chi connectivity index (χ3v) is 3.52. The Labute approximate surface area is 113 Å². The summed E-state index contributed by atoms with van der Waals surface area (Å²) in [4.78, 5) is 0. The predicted molar refractivity (Wildman–Crippen MR) is 71.4 cm³/mol. The average Bonchev–Trinajstić information content (AvgIpc) is 3.12. The van der Waals surface area contributed by atoms with Crippen LogP contribution >= 0.6 is 0 Å². The number of hydrogen-bond acceptors (Lipinski definition) is 2. The second-order valence-electron chi connectivity index (χ2n) is 5.38. The van der Waals surface area contributed by atoms with E-state index < -0.39 is 6.61 Å². The highest BCUT2D eigenvalue weighted by Gasteiger charge is 2.24. The zero-order chi connectivity index (χ0) is 13.8. The Morgan fingerprint density at radius 3 is 2.58 bits per heavy atom. The number of rotatable bonds is 7. The second-order valence-corrected chi connectivity index (χ2v) is 5.38. The van der Waals surface area contributed by atoms with Crippen molar-refractivity contribution in [2.24, 2.45) is 5.92 Å². The molecule has 2 atom stereocenters. The normalized spacial score (nSPS) is 18.4. The first kappa shape index (κ1) is 14.3. The zero-order valence-electron chi connectivity index (χ0n) is 11.4. The van der Waals surface area contributed by atoms with Crippen molar-refractivity contribution in [3.05, 3.63) is 29.8 Å². The number of halogens is 2. The Balaban J connectivity index is 1.98. The van der Waals surface area contributed by atoms with Crippen molar-refractivity contribution in [1.29, 1.82) is 0 Å². The van der Waals surface area contributed by atoms with Crippen LogP contribution in [0.5, 0.6) is 5.75 Å². The molecule has 0 aromatic heterocycles. The van der Waals surface area contributed by atoms with Crippen LogP contribution in [0, 0.1) is 5.92 Å². The summed E-state index contributed by atoms with van der Waals surface area (Å²) >= 11 is 0. The van der Waals surface area contributed by atoms with Gasteiger partial charge in [-0.05, 0) is 32.3 Å². The minimum atomic E-state index is -2.78. The Morgan fingerprint density at radius 1 is 1.26 bits per heavy atom. The molecule has 106 valence electrons. The van der Waals surface area contributed by atoms with Crippen molar-refractivity contribution in [2.75, 3.05) is 0 Å². The molecule has 4 heteroatoms. The molecular weight excluding hydrogens is 248 g/mol. The van der Waals surface area contributed by atoms with Crippen LogP contribution in [0.25, 0.3) is 0 Å². The lowest BCUT2D eigenvalue weighted by Crippen LogP contribution is -2.29. The topological polar surface area (TPSA) is 21.3 Å². The highest BCUT2D eigenvalue weighted by Crippen LogP contribution is 2.34. The summed E-state index contributed by atoms with van der Waals surface area (Å²) in [7, 11) is 0. The van der Waals surface area contributed by atoms with E-state index in [1.165, 1.54) is 12.8 Å². The molecule has 2 unspecified atom stereocenters. The van der Waals surface area contributed by atoms with E-state index >= 15 is 0 Å². The molecule has 2 rings (SSSR count). The number of ether oxygens (including phenoxy) is 1. The highest BCUT2D eigenvalue weighted by molar-refractivity contribution is 5.35. The Bertz CT molecular complexity index is 407. The van der Waals surface area contributed by atoms with Gasteiger partial charge in [0.05, 0.1) is 0 Å². The van der Waals surface area contributed by atoms with E-state index in [9.17, 15) is 8.78 Å². The quantitative estimate of drug-likeness (QED) is 0.803. The second kappa shape index (κ2) is 6.33. The molecule has 1 aliphatic rings. The Morgan fingerprint density at radius 2 is 1.95 bits per heavy atom. The maximum atomic E-state index is 12.4. The van der Waals surface area contributed by atoms with Crippen LogP contribution in [-0.4, -0.2) is 12.7 Å². The number of alkyl halides is 2. The van der Waals surface area contributed by atoms with Crippen molar-refractivity contribution in [3.63, 3.8) is 0 Å². The van der Waals surface area contributed by atoms with Crippen molar-refractivity contribution < 1.29 is 13.5 Å². The van der Waals surface area contributed by atoms with E-state index in [2.05, 4.69) is 17.0 Å². The molecule has 0 saturated heterocycles. The van der Waals surface area contributed by atoms with Gasteiger partial charge in [-0.1, -0.05) is 31.0 Å². The van der Waals surface area contributed by atoms with Gasteiger partial charge >= 0.3 is 6.61 Å². The Kier molecular flexibility index (Phi) is 4.75. The van der Waals surface area contributed by atoms with Crippen LogP contribution in [0.3, 0.4) is 0 Å². The third kappa shape index (κ3) is 4.46. The van der Waals surface area contributed by atoms with Crippen molar-refractivity contribution in [3.8, 4) is 5.75 Å². The third-order valence-electron chi connectivity index (χ3n) is 3.52. The van der Waals surface area contributed by atoms with E-state index in [0.29, 0.717) is 6.04 Å². The SMILES string of the molecule is CC(CC1CC1)NC(C)c1ccccc1OC(F)F. The summed E-state index contributed by atoms with van der Waals surface area (Å²) in [6.07, 6.45) is 3.80. The molecule has 1 fully saturated rings. The summed E-state index contributed by atoms with van der Waals surface area (Å²) in [5, 5.41) is 3.46. The van der Waals surface area contributed by atoms with Crippen LogP contribution < -0.4 is 10.1 Å². The fourth-order valence-corrected chi connectivity index (χ4v) is 2.48. The number of para-hydroxylation sites is 1. The first-order valence-corrected chi connectivity index (χ1v) is 6.86. The molecule has 0 aliphatic heterocycles. The zero-order valence-corrected chi connectivity index (χ0v) is 11.4. The molecule has 1 aromatic rings. The predicted octanol–water partition coefficient (Wildman–Crippen LogP) is 4.13. The minimum absolute atomic E-state index is 0.00343. The van der Waals surface area contributed by atoms with Gasteiger partial charge in [0.25, 0.3) is 0 Å². The lowest BCUT2D eigenvalue weighted by molar-refractivity contribution is -0.0506. The molecule has 0 spiro atoms. The number of benzene rings is 1. The lowest BCUT2D eigenvalue weighted by atomic mass is 10.0. The van der Waals surface area contributed by atoms with Gasteiger partial charge in [0.15, 0.2) is 0 Å². The molecule has 0 radical (unpaired) electrons. The summed E-state index contributed by atoms with van der Waals surface area (Å²) in [5.74, 6) is 1.11. The summed E-state index contributed by atoms with van der Waals surface area (Å²) in [6, 6.07) is 7.37. The van der Waals surface area contributed by atoms with Crippen molar-refractivity contribution in [1.82, 2.24) is 5.32 Å². The van der Waals surface area contributed by atoms with Gasteiger partial charge in [-0.25, -0.2) is 0 Å². The largest absolute Gasteiger partial charge is 0.434 e. The fourth-order valence-electron chi connectivity index (χ4n) is 2.48. The van der Waals surface area contributed by atoms with Gasteiger partial charge < -0.3 is 10.1 Å². The summed E-state index contributed by atoms with van der Waals surface area (Å²) in [6.45, 7) is 1.35. The van der Waals surface area contributed by atoms with Gasteiger partial charge in [-0.3, -0.25) is 0 Å². The molecule has 1 aromatic carbocycles. The molecule has 1 N–H and O–H groups in total. The highest BCUT2D eigenvalue weighted by atomic mass is 19.3. The number of nitrogens with one attached hydrogen (secondary N) is 1. The maximum absolute atomic E-state index is 12.4. The molecule has 2 nitrogen and oxygen atoms in total. The maximum Gasteiger partial charge on any atom is 0.387 e. The van der Waals surface area contributed by atoms with E-state index in [0.717, 1.165) is 17.9 Å². The van der Waals surface area contributed by atoms with Gasteiger partial charge in [0.1, 0.15) is 5.75 Å². The Hall–Kier alpha value is -1.16. The first-order chi connectivity index (χ1) is 9.06. The van der Waals surface area contributed by atoms with Crippen LogP contribution in [0.1, 0.15) is 44.7 Å². The van der Waals surface area contributed by atoms with Gasteiger partial charge in [0, 0.05) is 17.6 Å². The van der Waals surface area contributed by atoms with Gasteiger partial charge in [-0.15, -0.1) is 0 Å². The standard InChI is InChI=1S/C15H21F2NO/c1-10(9-12-7-8-12)18-11(2)13-5-3-4-6-14(13)19-15(16)17/h3-6,10-12,15,18H,7-9H2,1-2H3. The molecular formula is C15H21F2NO. The average molecular weight is 269 g/mol. The summed E-state index contributed by atoms with van der Waals surface area (Å²) < 4.78 is 29.3. The van der Waals surface area contributed by atoms with E-state index in [4.69, 9.17) is 0 Å². The summed E-state index contributed by atoms with van der Waals surface area (Å²) in [5.41, 5.74) is 0.783. The van der Waals surface area contributed by atoms with Crippen LogP contribution in [-0.2, 0) is 0 Å². The molecule has 19 heavy (non-hydrogen) atoms. The molecule has 0 bridgehead atoms. The van der Waals surface area contributed by atoms with Crippen molar-refractivity contribution in [2.45, 2.75) is 51.8 Å². The molecule has 0 amide bonds. The lowest BCUT2D eigenvalue weighted by Gasteiger charge is -2.22. The minimum Gasteiger partial charge on any atom is -0.434 e. The molecule has 1 aliphatic carbocycles. The van der Waals surface area contributed by atoms with Crippen LogP contribution in [0.15, 0.2) is 24.3 Å². The van der Waals surface area contributed by atoms with Gasteiger partial charge in [-0.2, -0.15) is 8.78 Å². The van der Waals surface area contributed by atoms with Crippen molar-refractivity contribution >= 4 is 0 Å². The van der Waals surface area contributed by atoms with E-state index in [-0.39, 0.29) is 11.8 Å².